The quantitative estimate of drug-likeness (QED) is 0.275. The minimum absolute atomic E-state index is 0.0145. The fourth-order valence-corrected chi connectivity index (χ4v) is 4.00. The normalized spacial score (nSPS) is 14.2. The molecule has 6 aromatic rings. The number of aromatic nitrogens is 3. The summed E-state index contributed by atoms with van der Waals surface area (Å²) in [6.45, 7) is 0. The molecule has 6 rings (SSSR count). The highest BCUT2D eigenvalue weighted by Crippen LogP contribution is 2.35. The molecule has 0 N–H and O–H groups in total. The molecule has 0 fully saturated rings. The Morgan fingerprint density at radius 3 is 2.21 bits per heavy atom. The highest BCUT2D eigenvalue weighted by Gasteiger charge is 2.15. The fraction of sp³-hybridized carbons (Fsp3) is 0. The summed E-state index contributed by atoms with van der Waals surface area (Å²) in [5.41, 5.74) is 1.59. The number of hydrogen-bond acceptors (Lipinski definition) is 3. The summed E-state index contributed by atoms with van der Waals surface area (Å²) in [7, 11) is 0. The summed E-state index contributed by atoms with van der Waals surface area (Å²) in [4.78, 5) is 13.4. The molecule has 0 radical (unpaired) electrons. The minimum atomic E-state index is -0.508. The van der Waals surface area contributed by atoms with E-state index in [4.69, 9.17) is 21.2 Å². The van der Waals surface area contributed by atoms with Crippen molar-refractivity contribution in [3.8, 4) is 33.9 Å². The van der Waals surface area contributed by atoms with Crippen molar-refractivity contribution in [1.29, 1.82) is 0 Å². The standard InChI is InChI=1S/C29H18ClN3/c30-29-32-27(22-17-16-19-8-1-2-10-21(19)18-22)31-28(33-29)26-14-6-5-13-25(26)24-15-7-11-20-9-3-4-12-23(20)24/h1-18H/i3D,4D,7D,9D,11D,12D,15D. The lowest BCUT2D eigenvalue weighted by Gasteiger charge is -2.12. The number of nitrogens with zero attached hydrogens (tertiary/aromatic N) is 3. The lowest BCUT2D eigenvalue weighted by atomic mass is 9.94. The van der Waals surface area contributed by atoms with Gasteiger partial charge in [0.2, 0.25) is 5.28 Å². The highest BCUT2D eigenvalue weighted by atomic mass is 35.5. The zero-order valence-electron chi connectivity index (χ0n) is 24.1. The summed E-state index contributed by atoms with van der Waals surface area (Å²) in [5.74, 6) is 0.518. The number of hydrogen-bond donors (Lipinski definition) is 0. The Bertz CT molecular complexity index is 2010. The van der Waals surface area contributed by atoms with Crippen LogP contribution >= 0.6 is 11.6 Å². The Balaban J connectivity index is 1.64. The van der Waals surface area contributed by atoms with Crippen LogP contribution in [-0.2, 0) is 0 Å². The van der Waals surface area contributed by atoms with Crippen LogP contribution in [0.15, 0.2) is 109 Å². The molecule has 0 aliphatic heterocycles. The molecule has 0 saturated carbocycles. The Labute approximate surface area is 206 Å². The van der Waals surface area contributed by atoms with Crippen molar-refractivity contribution >= 4 is 33.1 Å². The van der Waals surface area contributed by atoms with Crippen molar-refractivity contribution in [1.82, 2.24) is 15.0 Å². The molecular weight excluding hydrogens is 426 g/mol. The average Bonchev–Trinajstić information content (AvgIpc) is 2.97. The number of halogens is 1. The zero-order valence-corrected chi connectivity index (χ0v) is 17.8. The summed E-state index contributed by atoms with van der Waals surface area (Å²) in [6.07, 6.45) is 0. The van der Waals surface area contributed by atoms with Crippen molar-refractivity contribution in [3.63, 3.8) is 0 Å². The number of benzene rings is 5. The van der Waals surface area contributed by atoms with E-state index in [9.17, 15) is 0 Å². The van der Waals surface area contributed by atoms with Gasteiger partial charge < -0.3 is 0 Å². The van der Waals surface area contributed by atoms with Crippen LogP contribution in [0.2, 0.25) is 5.28 Å². The van der Waals surface area contributed by atoms with Crippen LogP contribution in [0.5, 0.6) is 0 Å². The van der Waals surface area contributed by atoms with Gasteiger partial charge in [0.15, 0.2) is 11.6 Å². The molecule has 0 unspecified atom stereocenters. The molecule has 156 valence electrons. The molecule has 0 aliphatic rings. The molecule has 0 spiro atoms. The molecule has 0 bridgehead atoms. The van der Waals surface area contributed by atoms with Crippen LogP contribution in [0.3, 0.4) is 0 Å². The van der Waals surface area contributed by atoms with E-state index in [-0.39, 0.29) is 33.5 Å². The van der Waals surface area contributed by atoms with Crippen molar-refractivity contribution in [2.45, 2.75) is 0 Å². The molecule has 0 aliphatic carbocycles. The van der Waals surface area contributed by atoms with Crippen LogP contribution in [0.4, 0.5) is 0 Å². The van der Waals surface area contributed by atoms with Crippen LogP contribution in [0.25, 0.3) is 55.4 Å². The molecular formula is C29H18ClN3. The Hall–Kier alpha value is -4.08. The van der Waals surface area contributed by atoms with E-state index >= 15 is 0 Å². The molecule has 4 heteroatoms. The summed E-state index contributed by atoms with van der Waals surface area (Å²) in [5, 5.41) is 1.86. The van der Waals surface area contributed by atoms with Crippen molar-refractivity contribution in [2.75, 3.05) is 0 Å². The van der Waals surface area contributed by atoms with Gasteiger partial charge in [-0.3, -0.25) is 0 Å². The monoisotopic (exact) mass is 450 g/mol. The maximum atomic E-state index is 8.76. The summed E-state index contributed by atoms with van der Waals surface area (Å²) < 4.78 is 59.0. The second kappa shape index (κ2) is 8.12. The predicted molar refractivity (Wildman–Crippen MR) is 136 cm³/mol. The first kappa shape index (κ1) is 13.5. The third-order valence-electron chi connectivity index (χ3n) is 5.37. The Morgan fingerprint density at radius 2 is 1.30 bits per heavy atom. The smallest absolute Gasteiger partial charge is 0.208 e. The van der Waals surface area contributed by atoms with Crippen LogP contribution in [0.1, 0.15) is 9.60 Å². The molecule has 33 heavy (non-hydrogen) atoms. The van der Waals surface area contributed by atoms with E-state index in [0.29, 0.717) is 17.0 Å². The number of rotatable bonds is 3. The van der Waals surface area contributed by atoms with Crippen LogP contribution in [-0.4, -0.2) is 15.0 Å². The maximum absolute atomic E-state index is 8.76. The third kappa shape index (κ3) is 3.63. The molecule has 0 saturated heterocycles. The Kier molecular flexibility index (Phi) is 3.31. The Morgan fingerprint density at radius 1 is 0.576 bits per heavy atom. The van der Waals surface area contributed by atoms with E-state index in [1.807, 2.05) is 42.5 Å². The van der Waals surface area contributed by atoms with Gasteiger partial charge in [0.05, 0.1) is 9.60 Å². The van der Waals surface area contributed by atoms with Gasteiger partial charge in [-0.25, -0.2) is 4.98 Å². The van der Waals surface area contributed by atoms with Crippen molar-refractivity contribution in [2.24, 2.45) is 0 Å². The van der Waals surface area contributed by atoms with E-state index < -0.39 is 36.3 Å². The van der Waals surface area contributed by atoms with E-state index in [1.54, 1.807) is 24.3 Å². The van der Waals surface area contributed by atoms with E-state index in [2.05, 4.69) is 15.0 Å². The molecule has 1 heterocycles. The minimum Gasteiger partial charge on any atom is -0.208 e. The second-order valence-corrected chi connectivity index (χ2v) is 7.70. The van der Waals surface area contributed by atoms with Crippen molar-refractivity contribution < 1.29 is 9.60 Å². The van der Waals surface area contributed by atoms with Crippen molar-refractivity contribution in [3.05, 3.63) is 114 Å². The summed E-state index contributed by atoms with van der Waals surface area (Å²) in [6, 6.07) is 17.4. The van der Waals surface area contributed by atoms with Crippen LogP contribution in [0, 0.1) is 0 Å². The predicted octanol–water partition coefficient (Wildman–Crippen LogP) is 7.83. The van der Waals surface area contributed by atoms with E-state index in [1.165, 1.54) is 0 Å². The van der Waals surface area contributed by atoms with E-state index in [0.717, 1.165) is 16.3 Å². The molecule has 3 nitrogen and oxygen atoms in total. The van der Waals surface area contributed by atoms with Gasteiger partial charge in [-0.15, -0.1) is 0 Å². The number of fused-ring (bicyclic) bond motifs is 2. The van der Waals surface area contributed by atoms with Gasteiger partial charge in [0.25, 0.3) is 0 Å². The molecule has 0 amide bonds. The first-order chi connectivity index (χ1) is 19.2. The van der Waals surface area contributed by atoms with Gasteiger partial charge in [-0.2, -0.15) is 9.97 Å². The van der Waals surface area contributed by atoms with Crippen LogP contribution < -0.4 is 0 Å². The average molecular weight is 451 g/mol. The molecule has 1 aromatic heterocycles. The first-order valence-corrected chi connectivity index (χ1v) is 10.6. The lowest BCUT2D eigenvalue weighted by molar-refractivity contribution is 1.07. The third-order valence-corrected chi connectivity index (χ3v) is 5.53. The topological polar surface area (TPSA) is 38.7 Å². The summed E-state index contributed by atoms with van der Waals surface area (Å²) >= 11 is 6.37. The van der Waals surface area contributed by atoms with Gasteiger partial charge >= 0.3 is 0 Å². The fourth-order valence-electron chi connectivity index (χ4n) is 3.84. The maximum Gasteiger partial charge on any atom is 0.226 e. The lowest BCUT2D eigenvalue weighted by Crippen LogP contribution is -1.98. The first-order valence-electron chi connectivity index (χ1n) is 13.7. The van der Waals surface area contributed by atoms with Gasteiger partial charge in [-0.1, -0.05) is 103 Å². The SMILES string of the molecule is [2H]c1c([2H])c([2H])c2c(-c3ccccc3-c3nc(Cl)nc(-c4ccc5ccccc5c4)n3)c([2H])c([2H])c([2H])c2c1[2H]. The molecule has 0 atom stereocenters. The molecule has 5 aromatic carbocycles. The second-order valence-electron chi connectivity index (χ2n) is 7.36. The van der Waals surface area contributed by atoms with Gasteiger partial charge in [0, 0.05) is 11.1 Å². The largest absolute Gasteiger partial charge is 0.226 e. The van der Waals surface area contributed by atoms with Gasteiger partial charge in [0.1, 0.15) is 0 Å². The highest BCUT2D eigenvalue weighted by molar-refractivity contribution is 6.28. The zero-order chi connectivity index (χ0) is 28.3. The van der Waals surface area contributed by atoms with Gasteiger partial charge in [-0.05, 0) is 50.3 Å².